The Morgan fingerprint density at radius 1 is 1.05 bits per heavy atom. The van der Waals surface area contributed by atoms with E-state index in [0.29, 0.717) is 11.7 Å². The molecule has 7 heteroatoms. The van der Waals surface area contributed by atoms with Crippen molar-refractivity contribution in [3.05, 3.63) is 36.4 Å². The first-order valence-corrected chi connectivity index (χ1v) is 7.09. The monoisotopic (exact) mass is 317 g/mol. The fraction of sp³-hybridized carbons (Fsp3) is 0.333. The summed E-state index contributed by atoms with van der Waals surface area (Å²) in [5.41, 5.74) is 8.40. The zero-order valence-corrected chi connectivity index (χ0v) is 12.7. The molecule has 0 atom stereocenters. The lowest BCUT2D eigenvalue weighted by atomic mass is 9.99. The molecule has 0 amide bonds. The van der Waals surface area contributed by atoms with Gasteiger partial charge in [0.15, 0.2) is 5.82 Å². The molecular formula is C15H16ClN5O. The maximum Gasteiger partial charge on any atom is 0.258 e. The van der Waals surface area contributed by atoms with E-state index in [1.165, 1.54) is 0 Å². The van der Waals surface area contributed by atoms with Gasteiger partial charge in [-0.3, -0.25) is 9.97 Å². The van der Waals surface area contributed by atoms with E-state index in [4.69, 9.17) is 10.3 Å². The van der Waals surface area contributed by atoms with Crippen LogP contribution in [0.4, 0.5) is 0 Å². The molecule has 114 valence electrons. The highest BCUT2D eigenvalue weighted by Crippen LogP contribution is 2.35. The van der Waals surface area contributed by atoms with Crippen LogP contribution in [-0.2, 0) is 5.54 Å². The van der Waals surface area contributed by atoms with Gasteiger partial charge in [0.25, 0.3) is 5.89 Å². The number of fused-ring (bicyclic) bond motifs is 1. The van der Waals surface area contributed by atoms with Gasteiger partial charge in [-0.25, -0.2) is 0 Å². The third kappa shape index (κ3) is 2.44. The SMILES string of the molecule is Cl.NC1(c2noc(-c3ccc4nccnc4c3)n2)CCCC1. The van der Waals surface area contributed by atoms with Crippen molar-refractivity contribution in [3.63, 3.8) is 0 Å². The Hall–Kier alpha value is -2.05. The molecule has 1 fully saturated rings. The van der Waals surface area contributed by atoms with Crippen LogP contribution in [0.1, 0.15) is 31.5 Å². The second-order valence-electron chi connectivity index (χ2n) is 5.55. The summed E-state index contributed by atoms with van der Waals surface area (Å²) >= 11 is 0. The Labute approximate surface area is 133 Å². The summed E-state index contributed by atoms with van der Waals surface area (Å²) in [6.07, 6.45) is 7.39. The van der Waals surface area contributed by atoms with Crippen molar-refractivity contribution in [2.75, 3.05) is 0 Å². The Kier molecular flexibility index (Phi) is 3.80. The van der Waals surface area contributed by atoms with Crippen LogP contribution >= 0.6 is 12.4 Å². The highest BCUT2D eigenvalue weighted by molar-refractivity contribution is 5.85. The second-order valence-corrected chi connectivity index (χ2v) is 5.55. The van der Waals surface area contributed by atoms with Crippen LogP contribution in [-0.4, -0.2) is 20.1 Å². The summed E-state index contributed by atoms with van der Waals surface area (Å²) in [5.74, 6) is 1.09. The number of hydrogen-bond acceptors (Lipinski definition) is 6. The summed E-state index contributed by atoms with van der Waals surface area (Å²) in [7, 11) is 0. The van der Waals surface area contributed by atoms with Crippen LogP contribution in [0.2, 0.25) is 0 Å². The first kappa shape index (κ1) is 14.9. The van der Waals surface area contributed by atoms with Gasteiger partial charge < -0.3 is 10.3 Å². The standard InChI is InChI=1S/C15H15N5O.ClH/c16-15(5-1-2-6-15)14-19-13(21-20-14)10-3-4-11-12(9-10)18-8-7-17-11;/h3-4,7-9H,1-2,5-6,16H2;1H. The van der Waals surface area contributed by atoms with Gasteiger partial charge in [0.05, 0.1) is 16.6 Å². The number of rotatable bonds is 2. The van der Waals surface area contributed by atoms with Crippen molar-refractivity contribution in [3.8, 4) is 11.5 Å². The highest BCUT2D eigenvalue weighted by Gasteiger charge is 2.36. The molecule has 2 aromatic heterocycles. The summed E-state index contributed by atoms with van der Waals surface area (Å²) in [6.45, 7) is 0. The van der Waals surface area contributed by atoms with Crippen LogP contribution in [0.15, 0.2) is 35.1 Å². The largest absolute Gasteiger partial charge is 0.334 e. The number of aromatic nitrogens is 4. The Balaban J connectivity index is 0.00000144. The molecule has 6 nitrogen and oxygen atoms in total. The lowest BCUT2D eigenvalue weighted by molar-refractivity contribution is 0.372. The fourth-order valence-electron chi connectivity index (χ4n) is 2.87. The molecule has 1 aliphatic rings. The van der Waals surface area contributed by atoms with Gasteiger partial charge in [0, 0.05) is 18.0 Å². The fourth-order valence-corrected chi connectivity index (χ4v) is 2.87. The van der Waals surface area contributed by atoms with Crippen molar-refractivity contribution in [1.29, 1.82) is 0 Å². The van der Waals surface area contributed by atoms with Gasteiger partial charge in [-0.2, -0.15) is 4.98 Å². The molecule has 4 rings (SSSR count). The number of hydrogen-bond donors (Lipinski definition) is 1. The zero-order valence-electron chi connectivity index (χ0n) is 11.9. The van der Waals surface area contributed by atoms with Crippen LogP contribution < -0.4 is 5.73 Å². The molecule has 2 heterocycles. The Bertz CT molecular complexity index is 797. The Morgan fingerprint density at radius 2 is 1.77 bits per heavy atom. The molecule has 0 saturated heterocycles. The van der Waals surface area contributed by atoms with Crippen LogP contribution in [0.25, 0.3) is 22.5 Å². The van der Waals surface area contributed by atoms with E-state index in [1.54, 1.807) is 12.4 Å². The van der Waals surface area contributed by atoms with Gasteiger partial charge >= 0.3 is 0 Å². The minimum absolute atomic E-state index is 0. The van der Waals surface area contributed by atoms with Crippen molar-refractivity contribution < 1.29 is 4.52 Å². The maximum absolute atomic E-state index is 6.35. The van der Waals surface area contributed by atoms with E-state index in [9.17, 15) is 0 Å². The smallest absolute Gasteiger partial charge is 0.258 e. The first-order chi connectivity index (χ1) is 10.2. The lowest BCUT2D eigenvalue weighted by Gasteiger charge is -2.17. The molecule has 1 aromatic carbocycles. The summed E-state index contributed by atoms with van der Waals surface area (Å²) in [5, 5.41) is 4.08. The van der Waals surface area contributed by atoms with Crippen molar-refractivity contribution >= 4 is 23.4 Å². The Morgan fingerprint density at radius 3 is 2.55 bits per heavy atom. The number of halogens is 1. The van der Waals surface area contributed by atoms with E-state index in [2.05, 4.69) is 20.1 Å². The third-order valence-corrected chi connectivity index (χ3v) is 4.08. The normalized spacial score (nSPS) is 16.6. The van der Waals surface area contributed by atoms with E-state index >= 15 is 0 Å². The zero-order chi connectivity index (χ0) is 14.3. The van der Waals surface area contributed by atoms with Crippen LogP contribution in [0.3, 0.4) is 0 Å². The first-order valence-electron chi connectivity index (χ1n) is 7.09. The van der Waals surface area contributed by atoms with Gasteiger partial charge in [-0.15, -0.1) is 12.4 Å². The van der Waals surface area contributed by atoms with Gasteiger partial charge in [0.2, 0.25) is 0 Å². The molecule has 0 radical (unpaired) electrons. The molecule has 1 aliphatic carbocycles. The van der Waals surface area contributed by atoms with Gasteiger partial charge in [0.1, 0.15) is 0 Å². The number of benzene rings is 1. The molecule has 2 N–H and O–H groups in total. The molecule has 0 spiro atoms. The molecule has 0 unspecified atom stereocenters. The topological polar surface area (TPSA) is 90.7 Å². The highest BCUT2D eigenvalue weighted by atomic mass is 35.5. The quantitative estimate of drug-likeness (QED) is 0.781. The van der Waals surface area contributed by atoms with Gasteiger partial charge in [-0.1, -0.05) is 18.0 Å². The molecule has 0 bridgehead atoms. The van der Waals surface area contributed by atoms with Crippen LogP contribution in [0, 0.1) is 0 Å². The summed E-state index contributed by atoms with van der Waals surface area (Å²) in [6, 6.07) is 5.71. The van der Waals surface area contributed by atoms with Crippen molar-refractivity contribution in [2.24, 2.45) is 5.73 Å². The van der Waals surface area contributed by atoms with E-state index in [-0.39, 0.29) is 12.4 Å². The molecule has 22 heavy (non-hydrogen) atoms. The average Bonchev–Trinajstić information content (AvgIpc) is 3.17. The van der Waals surface area contributed by atoms with Gasteiger partial charge in [-0.05, 0) is 31.0 Å². The van der Waals surface area contributed by atoms with E-state index in [1.807, 2.05) is 18.2 Å². The van der Waals surface area contributed by atoms with Crippen LogP contribution in [0.5, 0.6) is 0 Å². The molecule has 1 saturated carbocycles. The maximum atomic E-state index is 6.35. The average molecular weight is 318 g/mol. The minimum Gasteiger partial charge on any atom is -0.334 e. The van der Waals surface area contributed by atoms with Crippen molar-refractivity contribution in [2.45, 2.75) is 31.2 Å². The van der Waals surface area contributed by atoms with E-state index < -0.39 is 5.54 Å². The number of nitrogens with zero attached hydrogens (tertiary/aromatic N) is 4. The van der Waals surface area contributed by atoms with E-state index in [0.717, 1.165) is 42.3 Å². The summed E-state index contributed by atoms with van der Waals surface area (Å²) < 4.78 is 5.39. The molecule has 0 aliphatic heterocycles. The third-order valence-electron chi connectivity index (χ3n) is 4.08. The molecular weight excluding hydrogens is 302 g/mol. The van der Waals surface area contributed by atoms with Crippen molar-refractivity contribution in [1.82, 2.24) is 20.1 Å². The number of nitrogens with two attached hydrogens (primary N) is 1. The summed E-state index contributed by atoms with van der Waals surface area (Å²) in [4.78, 5) is 13.0. The lowest BCUT2D eigenvalue weighted by Crippen LogP contribution is -2.34. The molecule has 3 aromatic rings. The predicted octanol–water partition coefficient (Wildman–Crippen LogP) is 2.83. The predicted molar refractivity (Wildman–Crippen MR) is 84.4 cm³/mol. The second kappa shape index (κ2) is 5.62. The minimum atomic E-state index is -0.432.